The van der Waals surface area contributed by atoms with Crippen molar-refractivity contribution in [3.8, 4) is 5.75 Å². The summed E-state index contributed by atoms with van der Waals surface area (Å²) < 4.78 is 28.2. The molecule has 0 aromatic heterocycles. The fourth-order valence-electron chi connectivity index (χ4n) is 1.71. The Morgan fingerprint density at radius 2 is 2.12 bits per heavy atom. The molecule has 2 rings (SSSR count). The number of rotatable bonds is 4. The molecule has 88 valence electrons. The van der Waals surface area contributed by atoms with Crippen molar-refractivity contribution < 1.29 is 18.6 Å². The first-order valence-electron chi connectivity index (χ1n) is 4.93. The first-order valence-corrected chi connectivity index (χ1v) is 5.31. The highest BCUT2D eigenvalue weighted by Gasteiger charge is 2.43. The van der Waals surface area contributed by atoms with Crippen LogP contribution in [-0.2, 0) is 5.41 Å². The molecule has 1 aliphatic rings. The van der Waals surface area contributed by atoms with Gasteiger partial charge >= 0.3 is 6.61 Å². The molecule has 0 aliphatic heterocycles. The van der Waals surface area contributed by atoms with Crippen LogP contribution in [0, 0.1) is 0 Å². The normalized spacial score (nSPS) is 17.6. The van der Waals surface area contributed by atoms with E-state index in [4.69, 9.17) is 11.6 Å². The van der Waals surface area contributed by atoms with E-state index in [-0.39, 0.29) is 22.8 Å². The third-order valence-corrected chi connectivity index (χ3v) is 3.21. The second-order valence-electron chi connectivity index (χ2n) is 3.96. The minimum atomic E-state index is -2.88. The van der Waals surface area contributed by atoms with E-state index in [2.05, 4.69) is 4.74 Å². The molecule has 1 N–H and O–H groups in total. The number of ether oxygens (including phenoxy) is 1. The Hall–Kier alpha value is -0.870. The quantitative estimate of drug-likeness (QED) is 0.888. The van der Waals surface area contributed by atoms with E-state index in [9.17, 15) is 13.9 Å². The van der Waals surface area contributed by atoms with Crippen molar-refractivity contribution in [2.45, 2.75) is 24.9 Å². The molecule has 1 fully saturated rings. The monoisotopic (exact) mass is 248 g/mol. The lowest BCUT2D eigenvalue weighted by atomic mass is 9.97. The van der Waals surface area contributed by atoms with Gasteiger partial charge < -0.3 is 9.84 Å². The van der Waals surface area contributed by atoms with Crippen LogP contribution in [-0.4, -0.2) is 18.3 Å². The minimum Gasteiger partial charge on any atom is -0.433 e. The molecule has 0 heterocycles. The number of halogens is 3. The molecule has 0 unspecified atom stereocenters. The zero-order valence-electron chi connectivity index (χ0n) is 8.42. The topological polar surface area (TPSA) is 29.5 Å². The van der Waals surface area contributed by atoms with Crippen LogP contribution in [0.4, 0.5) is 8.78 Å². The van der Waals surface area contributed by atoms with Crippen LogP contribution in [0.2, 0.25) is 5.02 Å². The van der Waals surface area contributed by atoms with E-state index in [0.717, 1.165) is 18.4 Å². The first kappa shape index (κ1) is 11.6. The van der Waals surface area contributed by atoms with E-state index < -0.39 is 6.61 Å². The molecule has 1 aromatic rings. The Kier molecular flexibility index (Phi) is 3.04. The standard InChI is InChI=1S/C11H11ClF2O2/c12-8-5-7(11(6-15)3-4-11)1-2-9(8)16-10(13)14/h1-2,5,10,15H,3-4,6H2. The van der Waals surface area contributed by atoms with Gasteiger partial charge in [0.25, 0.3) is 0 Å². The average molecular weight is 249 g/mol. The molecule has 0 atom stereocenters. The number of aliphatic hydroxyl groups is 1. The maximum Gasteiger partial charge on any atom is 0.387 e. The summed E-state index contributed by atoms with van der Waals surface area (Å²) in [6, 6.07) is 4.68. The summed E-state index contributed by atoms with van der Waals surface area (Å²) in [7, 11) is 0. The Morgan fingerprint density at radius 1 is 1.44 bits per heavy atom. The van der Waals surface area contributed by atoms with E-state index in [0.29, 0.717) is 0 Å². The second-order valence-corrected chi connectivity index (χ2v) is 4.37. The summed E-state index contributed by atoms with van der Waals surface area (Å²) in [6.07, 6.45) is 1.80. The van der Waals surface area contributed by atoms with Gasteiger partial charge in [0.15, 0.2) is 0 Å². The fourth-order valence-corrected chi connectivity index (χ4v) is 1.94. The second kappa shape index (κ2) is 4.18. The fraction of sp³-hybridized carbons (Fsp3) is 0.455. The Balaban J connectivity index is 2.23. The number of benzene rings is 1. The first-order chi connectivity index (χ1) is 7.57. The van der Waals surface area contributed by atoms with Gasteiger partial charge in [-0.3, -0.25) is 0 Å². The van der Waals surface area contributed by atoms with Crippen molar-refractivity contribution in [2.24, 2.45) is 0 Å². The van der Waals surface area contributed by atoms with Gasteiger partial charge in [-0.2, -0.15) is 8.78 Å². The smallest absolute Gasteiger partial charge is 0.387 e. The minimum absolute atomic E-state index is 0.0332. The van der Waals surface area contributed by atoms with Gasteiger partial charge in [0.2, 0.25) is 0 Å². The van der Waals surface area contributed by atoms with Crippen LogP contribution in [0.1, 0.15) is 18.4 Å². The average Bonchev–Trinajstić information content (AvgIpc) is 3.01. The largest absolute Gasteiger partial charge is 0.433 e. The van der Waals surface area contributed by atoms with Crippen molar-refractivity contribution >= 4 is 11.6 Å². The molecule has 0 bridgehead atoms. The van der Waals surface area contributed by atoms with Gasteiger partial charge in [-0.15, -0.1) is 0 Å². The number of aliphatic hydroxyl groups excluding tert-OH is 1. The molecule has 0 saturated heterocycles. The molecule has 0 amide bonds. The van der Waals surface area contributed by atoms with Crippen molar-refractivity contribution in [2.75, 3.05) is 6.61 Å². The van der Waals surface area contributed by atoms with Crippen LogP contribution >= 0.6 is 11.6 Å². The highest BCUT2D eigenvalue weighted by atomic mass is 35.5. The van der Waals surface area contributed by atoms with Gasteiger partial charge in [0, 0.05) is 5.41 Å². The van der Waals surface area contributed by atoms with E-state index in [1.54, 1.807) is 12.1 Å². The maximum atomic E-state index is 12.0. The molecule has 5 heteroatoms. The Labute approximate surface area is 96.8 Å². The van der Waals surface area contributed by atoms with Crippen LogP contribution in [0.15, 0.2) is 18.2 Å². The SMILES string of the molecule is OCC1(c2ccc(OC(F)F)c(Cl)c2)CC1. The highest BCUT2D eigenvalue weighted by molar-refractivity contribution is 6.32. The zero-order valence-corrected chi connectivity index (χ0v) is 9.18. The molecular weight excluding hydrogens is 238 g/mol. The predicted octanol–water partition coefficient (Wildman–Crippen LogP) is 2.97. The van der Waals surface area contributed by atoms with Crippen LogP contribution < -0.4 is 4.74 Å². The van der Waals surface area contributed by atoms with E-state index in [1.165, 1.54) is 6.07 Å². The summed E-state index contributed by atoms with van der Waals surface area (Å²) in [4.78, 5) is 0. The molecule has 16 heavy (non-hydrogen) atoms. The molecule has 1 aliphatic carbocycles. The molecule has 0 spiro atoms. The Bertz CT molecular complexity index is 392. The van der Waals surface area contributed by atoms with Crippen LogP contribution in [0.5, 0.6) is 5.75 Å². The Morgan fingerprint density at radius 3 is 2.56 bits per heavy atom. The van der Waals surface area contributed by atoms with E-state index >= 15 is 0 Å². The van der Waals surface area contributed by atoms with Gasteiger partial charge in [-0.1, -0.05) is 17.7 Å². The third-order valence-electron chi connectivity index (χ3n) is 2.92. The van der Waals surface area contributed by atoms with Crippen LogP contribution in [0.3, 0.4) is 0 Å². The van der Waals surface area contributed by atoms with Gasteiger partial charge in [0.1, 0.15) is 5.75 Å². The lowest BCUT2D eigenvalue weighted by Crippen LogP contribution is -2.12. The van der Waals surface area contributed by atoms with Crippen LogP contribution in [0.25, 0.3) is 0 Å². The maximum absolute atomic E-state index is 12.0. The molecule has 1 aromatic carbocycles. The van der Waals surface area contributed by atoms with Gasteiger partial charge in [-0.25, -0.2) is 0 Å². The van der Waals surface area contributed by atoms with Crippen molar-refractivity contribution in [3.63, 3.8) is 0 Å². The molecule has 2 nitrogen and oxygen atoms in total. The predicted molar refractivity (Wildman–Crippen MR) is 56.1 cm³/mol. The molecule has 1 saturated carbocycles. The highest BCUT2D eigenvalue weighted by Crippen LogP contribution is 2.48. The van der Waals surface area contributed by atoms with Crippen molar-refractivity contribution in [3.05, 3.63) is 28.8 Å². The van der Waals surface area contributed by atoms with Crippen molar-refractivity contribution in [1.82, 2.24) is 0 Å². The summed E-state index contributed by atoms with van der Waals surface area (Å²) in [5, 5.41) is 9.37. The number of alkyl halides is 2. The zero-order chi connectivity index (χ0) is 11.8. The van der Waals surface area contributed by atoms with Crippen molar-refractivity contribution in [1.29, 1.82) is 0 Å². The molecule has 0 radical (unpaired) electrons. The summed E-state index contributed by atoms with van der Waals surface area (Å²) in [5.41, 5.74) is 0.661. The molecular formula is C11H11ClF2O2. The summed E-state index contributed by atoms with van der Waals surface area (Å²) in [5.74, 6) is -0.0332. The number of hydrogen-bond donors (Lipinski definition) is 1. The lowest BCUT2D eigenvalue weighted by molar-refractivity contribution is -0.0498. The third kappa shape index (κ3) is 2.13. The lowest BCUT2D eigenvalue weighted by Gasteiger charge is -2.14. The van der Waals surface area contributed by atoms with E-state index in [1.807, 2.05) is 0 Å². The number of hydrogen-bond acceptors (Lipinski definition) is 2. The van der Waals surface area contributed by atoms with Gasteiger partial charge in [0.05, 0.1) is 11.6 Å². The van der Waals surface area contributed by atoms with Gasteiger partial charge in [-0.05, 0) is 30.5 Å². The summed E-state index contributed by atoms with van der Waals surface area (Å²) >= 11 is 5.82. The summed E-state index contributed by atoms with van der Waals surface area (Å²) in [6.45, 7) is -2.82.